The topological polar surface area (TPSA) is 60.4 Å². The Morgan fingerprint density at radius 1 is 1.21 bits per heavy atom. The Bertz CT molecular complexity index is 1340. The number of halogens is 1. The van der Waals surface area contributed by atoms with Crippen LogP contribution in [0.1, 0.15) is 29.6 Å². The van der Waals surface area contributed by atoms with Crippen molar-refractivity contribution in [2.24, 2.45) is 5.92 Å². The van der Waals surface area contributed by atoms with Crippen molar-refractivity contribution < 1.29 is 9.47 Å². The zero-order chi connectivity index (χ0) is 22.4. The quantitative estimate of drug-likeness (QED) is 0.376. The van der Waals surface area contributed by atoms with Crippen LogP contribution in [0.15, 0.2) is 30.5 Å². The van der Waals surface area contributed by atoms with Crippen LogP contribution in [-0.2, 0) is 24.1 Å². The van der Waals surface area contributed by atoms with E-state index in [1.54, 1.807) is 17.5 Å². The number of ether oxygens (including phenoxy) is 2. The van der Waals surface area contributed by atoms with Gasteiger partial charge in [0, 0.05) is 29.5 Å². The Morgan fingerprint density at radius 2 is 2.09 bits per heavy atom. The molecule has 1 aromatic carbocycles. The van der Waals surface area contributed by atoms with E-state index in [9.17, 15) is 0 Å². The maximum atomic E-state index is 6.53. The lowest BCUT2D eigenvalue weighted by Crippen LogP contribution is -2.36. The first-order valence-electron chi connectivity index (χ1n) is 11.5. The van der Waals surface area contributed by atoms with Crippen molar-refractivity contribution in [3.8, 4) is 11.6 Å². The number of pyridine rings is 1. The minimum atomic E-state index is 0.629. The van der Waals surface area contributed by atoms with Gasteiger partial charge in [-0.15, -0.1) is 11.3 Å². The molecule has 2 aliphatic rings. The van der Waals surface area contributed by atoms with Crippen molar-refractivity contribution in [1.29, 1.82) is 0 Å². The predicted octanol–water partition coefficient (Wildman–Crippen LogP) is 5.64. The molecule has 1 atom stereocenters. The molecule has 0 amide bonds. The van der Waals surface area contributed by atoms with Gasteiger partial charge in [-0.3, -0.25) is 9.88 Å². The Hall–Kier alpha value is -2.32. The van der Waals surface area contributed by atoms with E-state index in [1.165, 1.54) is 16.9 Å². The third kappa shape index (κ3) is 4.08. The molecule has 6 nitrogen and oxygen atoms in total. The lowest BCUT2D eigenvalue weighted by Gasteiger charge is -2.25. The summed E-state index contributed by atoms with van der Waals surface area (Å²) in [6.07, 6.45) is 5.08. The number of hydrogen-bond donors (Lipinski definition) is 0. The monoisotopic (exact) mass is 480 g/mol. The molecule has 6 rings (SSSR count). The second kappa shape index (κ2) is 8.80. The zero-order valence-electron chi connectivity index (χ0n) is 18.5. The molecule has 0 bridgehead atoms. The van der Waals surface area contributed by atoms with Gasteiger partial charge in [0.05, 0.1) is 30.2 Å². The Balaban J connectivity index is 1.47. The standard InChI is InChI=1S/C25H25ClN4O2S/c1-15-4-5-17-20(13-15)33-25-22(17)24(28-21(29-25)14-30-9-11-31-12-10-30)32-19-7-6-18(26)16-3-2-8-27-23(16)19/h2-3,6-8,15H,4-5,9-14H2,1H3/t15-/m1/s1. The number of thiophene rings is 1. The molecule has 1 saturated heterocycles. The average molecular weight is 481 g/mol. The summed E-state index contributed by atoms with van der Waals surface area (Å²) in [5, 5.41) is 2.59. The number of aromatic nitrogens is 3. The summed E-state index contributed by atoms with van der Waals surface area (Å²) < 4.78 is 12.0. The van der Waals surface area contributed by atoms with E-state index in [1.807, 2.05) is 24.3 Å². The van der Waals surface area contributed by atoms with Crippen molar-refractivity contribution in [2.45, 2.75) is 32.7 Å². The molecule has 0 N–H and O–H groups in total. The van der Waals surface area contributed by atoms with Crippen molar-refractivity contribution in [3.63, 3.8) is 0 Å². The van der Waals surface area contributed by atoms with Gasteiger partial charge in [-0.2, -0.15) is 4.98 Å². The van der Waals surface area contributed by atoms with E-state index in [0.717, 1.165) is 66.1 Å². The maximum absolute atomic E-state index is 6.53. The van der Waals surface area contributed by atoms with E-state index in [0.29, 0.717) is 29.1 Å². The molecule has 4 heterocycles. The van der Waals surface area contributed by atoms with E-state index in [-0.39, 0.29) is 0 Å². The fourth-order valence-electron chi connectivity index (χ4n) is 4.75. The summed E-state index contributed by atoms with van der Waals surface area (Å²) in [6.45, 7) is 6.29. The number of benzene rings is 1. The fourth-order valence-corrected chi connectivity index (χ4v) is 6.36. The molecule has 1 fully saturated rings. The summed E-state index contributed by atoms with van der Waals surface area (Å²) >= 11 is 8.22. The van der Waals surface area contributed by atoms with E-state index in [2.05, 4.69) is 16.8 Å². The average Bonchev–Trinajstić information content (AvgIpc) is 3.19. The van der Waals surface area contributed by atoms with Crippen LogP contribution in [0.25, 0.3) is 21.1 Å². The first-order valence-corrected chi connectivity index (χ1v) is 12.7. The van der Waals surface area contributed by atoms with Crippen LogP contribution in [-0.4, -0.2) is 46.2 Å². The molecule has 0 unspecified atom stereocenters. The van der Waals surface area contributed by atoms with E-state index in [4.69, 9.17) is 31.0 Å². The molecule has 1 aliphatic carbocycles. The Kier molecular flexibility index (Phi) is 5.66. The van der Waals surface area contributed by atoms with E-state index >= 15 is 0 Å². The molecule has 0 radical (unpaired) electrons. The highest BCUT2D eigenvalue weighted by molar-refractivity contribution is 7.18. The van der Waals surface area contributed by atoms with Gasteiger partial charge in [-0.1, -0.05) is 18.5 Å². The molecule has 0 saturated carbocycles. The van der Waals surface area contributed by atoms with Gasteiger partial charge < -0.3 is 9.47 Å². The Morgan fingerprint density at radius 3 is 2.97 bits per heavy atom. The fraction of sp³-hybridized carbons (Fsp3) is 0.400. The highest BCUT2D eigenvalue weighted by atomic mass is 35.5. The number of rotatable bonds is 4. The van der Waals surface area contributed by atoms with Crippen molar-refractivity contribution >= 4 is 44.1 Å². The third-order valence-electron chi connectivity index (χ3n) is 6.52. The lowest BCUT2D eigenvalue weighted by molar-refractivity contribution is 0.0330. The highest BCUT2D eigenvalue weighted by Crippen LogP contribution is 2.43. The van der Waals surface area contributed by atoms with Gasteiger partial charge in [0.2, 0.25) is 5.88 Å². The molecule has 0 spiro atoms. The lowest BCUT2D eigenvalue weighted by atomic mass is 9.89. The zero-order valence-corrected chi connectivity index (χ0v) is 20.1. The summed E-state index contributed by atoms with van der Waals surface area (Å²) in [5.41, 5.74) is 2.09. The van der Waals surface area contributed by atoms with Crippen LogP contribution in [0.4, 0.5) is 0 Å². The van der Waals surface area contributed by atoms with Gasteiger partial charge in [-0.05, 0) is 55.0 Å². The van der Waals surface area contributed by atoms with Crippen LogP contribution in [0.5, 0.6) is 11.6 Å². The predicted molar refractivity (Wildman–Crippen MR) is 132 cm³/mol. The van der Waals surface area contributed by atoms with Gasteiger partial charge in [0.25, 0.3) is 0 Å². The first kappa shape index (κ1) is 21.2. The second-order valence-electron chi connectivity index (χ2n) is 8.91. The minimum absolute atomic E-state index is 0.629. The number of morpholine rings is 1. The van der Waals surface area contributed by atoms with Gasteiger partial charge in [0.15, 0.2) is 5.75 Å². The molecular weight excluding hydrogens is 456 g/mol. The minimum Gasteiger partial charge on any atom is -0.436 e. The van der Waals surface area contributed by atoms with Crippen molar-refractivity contribution in [3.05, 3.63) is 51.7 Å². The summed E-state index contributed by atoms with van der Waals surface area (Å²) in [7, 11) is 0. The van der Waals surface area contributed by atoms with Crippen molar-refractivity contribution in [2.75, 3.05) is 26.3 Å². The van der Waals surface area contributed by atoms with Crippen LogP contribution in [0.2, 0.25) is 5.02 Å². The van der Waals surface area contributed by atoms with Gasteiger partial charge in [0.1, 0.15) is 16.2 Å². The molecular formula is C25H25ClN4O2S. The van der Waals surface area contributed by atoms with E-state index < -0.39 is 0 Å². The molecule has 170 valence electrons. The van der Waals surface area contributed by atoms with Crippen molar-refractivity contribution in [1.82, 2.24) is 19.9 Å². The third-order valence-corrected chi connectivity index (χ3v) is 8.00. The van der Waals surface area contributed by atoms with Crippen LogP contribution < -0.4 is 4.74 Å². The van der Waals surface area contributed by atoms with Gasteiger partial charge >= 0.3 is 0 Å². The first-order chi connectivity index (χ1) is 16.2. The van der Waals surface area contributed by atoms with Crippen LogP contribution >= 0.6 is 22.9 Å². The van der Waals surface area contributed by atoms with Crippen LogP contribution in [0.3, 0.4) is 0 Å². The normalized spacial score (nSPS) is 19.2. The summed E-state index contributed by atoms with van der Waals surface area (Å²) in [5.74, 6) is 2.78. The second-order valence-corrected chi connectivity index (χ2v) is 10.4. The smallest absolute Gasteiger partial charge is 0.231 e. The van der Waals surface area contributed by atoms with Gasteiger partial charge in [-0.25, -0.2) is 4.98 Å². The molecule has 8 heteroatoms. The SMILES string of the molecule is C[C@@H]1CCc2c(sc3nc(CN4CCOCC4)nc(Oc4ccc(Cl)c5cccnc45)c23)C1. The molecule has 3 aromatic heterocycles. The van der Waals surface area contributed by atoms with Crippen LogP contribution in [0, 0.1) is 5.92 Å². The maximum Gasteiger partial charge on any atom is 0.231 e. The molecule has 33 heavy (non-hydrogen) atoms. The molecule has 4 aromatic rings. The Labute approximate surface area is 201 Å². The summed E-state index contributed by atoms with van der Waals surface area (Å²) in [4.78, 5) is 19.3. The highest BCUT2D eigenvalue weighted by Gasteiger charge is 2.26. The summed E-state index contributed by atoms with van der Waals surface area (Å²) in [6, 6.07) is 7.59. The molecule has 1 aliphatic heterocycles. The number of aryl methyl sites for hydroxylation is 1. The number of nitrogens with zero attached hydrogens (tertiary/aromatic N) is 4. The largest absolute Gasteiger partial charge is 0.436 e. The number of hydrogen-bond acceptors (Lipinski definition) is 7. The number of fused-ring (bicyclic) bond motifs is 4.